The lowest BCUT2D eigenvalue weighted by Gasteiger charge is -2.35. The highest BCUT2D eigenvalue weighted by Gasteiger charge is 2.27. The average molecular weight is 329 g/mol. The van der Waals surface area contributed by atoms with Gasteiger partial charge in [0.15, 0.2) is 0 Å². The van der Waals surface area contributed by atoms with E-state index >= 15 is 0 Å². The van der Waals surface area contributed by atoms with Gasteiger partial charge in [-0.25, -0.2) is 0 Å². The third kappa shape index (κ3) is 3.96. The predicted molar refractivity (Wildman–Crippen MR) is 94.9 cm³/mol. The van der Waals surface area contributed by atoms with Crippen molar-refractivity contribution in [3.05, 3.63) is 29.8 Å². The van der Waals surface area contributed by atoms with Gasteiger partial charge in [0.25, 0.3) is 0 Å². The van der Waals surface area contributed by atoms with Gasteiger partial charge in [0, 0.05) is 18.2 Å². The number of likely N-dealkylation sites (tertiary alicyclic amines) is 1. The number of carbonyl (C=O) groups excluding carboxylic acids is 2. The van der Waals surface area contributed by atoms with E-state index in [4.69, 9.17) is 0 Å². The number of hydrogen-bond acceptors (Lipinski definition) is 4. The third-order valence-electron chi connectivity index (χ3n) is 5.20. The first-order valence-corrected chi connectivity index (χ1v) is 8.97. The number of imide groups is 1. The Bertz CT molecular complexity index is 606. The highest BCUT2D eigenvalue weighted by molar-refractivity contribution is 6.01. The topological polar surface area (TPSA) is 61.4 Å². The van der Waals surface area contributed by atoms with E-state index in [9.17, 15) is 9.59 Å². The van der Waals surface area contributed by atoms with Gasteiger partial charge in [0.2, 0.25) is 11.8 Å². The lowest BCUT2D eigenvalue weighted by Crippen LogP contribution is -2.47. The zero-order chi connectivity index (χ0) is 17.1. The summed E-state index contributed by atoms with van der Waals surface area (Å²) in [4.78, 5) is 25.7. The van der Waals surface area contributed by atoms with Crippen LogP contribution in [0.3, 0.4) is 0 Å². The maximum atomic E-state index is 11.9. The first-order chi connectivity index (χ1) is 11.5. The van der Waals surface area contributed by atoms with Crippen molar-refractivity contribution >= 4 is 17.5 Å². The van der Waals surface area contributed by atoms with E-state index in [-0.39, 0.29) is 17.9 Å². The minimum Gasteiger partial charge on any atom is -0.374 e. The Balaban J connectivity index is 1.62. The number of rotatable bonds is 4. The Morgan fingerprint density at radius 1 is 1.17 bits per heavy atom. The normalized spacial score (nSPS) is 23.4. The van der Waals surface area contributed by atoms with Crippen LogP contribution in [0.4, 0.5) is 5.69 Å². The minimum absolute atomic E-state index is 0.177. The van der Waals surface area contributed by atoms with E-state index in [0.717, 1.165) is 18.8 Å². The van der Waals surface area contributed by atoms with Crippen LogP contribution < -0.4 is 10.6 Å². The number of piperidine rings is 2. The second-order valence-corrected chi connectivity index (χ2v) is 7.18. The summed E-state index contributed by atoms with van der Waals surface area (Å²) in [5, 5.41) is 5.68. The fourth-order valence-electron chi connectivity index (χ4n) is 3.66. The molecule has 1 atom stereocenters. The van der Waals surface area contributed by atoms with E-state index in [1.54, 1.807) is 0 Å². The van der Waals surface area contributed by atoms with Crippen molar-refractivity contribution in [1.29, 1.82) is 0 Å². The molecule has 2 aliphatic heterocycles. The van der Waals surface area contributed by atoms with Gasteiger partial charge in [0.1, 0.15) is 6.04 Å². The fraction of sp³-hybridized carbons (Fsp3) is 0.579. The van der Waals surface area contributed by atoms with Gasteiger partial charge in [-0.15, -0.1) is 0 Å². The van der Waals surface area contributed by atoms with Gasteiger partial charge in [-0.05, 0) is 69.8 Å². The quantitative estimate of drug-likeness (QED) is 0.833. The molecule has 2 saturated heterocycles. The second-order valence-electron chi connectivity index (χ2n) is 7.18. The zero-order valence-electron chi connectivity index (χ0n) is 14.5. The monoisotopic (exact) mass is 329 g/mol. The first kappa shape index (κ1) is 17.0. The van der Waals surface area contributed by atoms with Gasteiger partial charge in [-0.1, -0.05) is 12.1 Å². The van der Waals surface area contributed by atoms with Gasteiger partial charge >= 0.3 is 0 Å². The molecule has 3 rings (SSSR count). The highest BCUT2D eigenvalue weighted by atomic mass is 16.2. The molecule has 0 spiro atoms. The molecule has 2 amide bonds. The third-order valence-corrected chi connectivity index (χ3v) is 5.20. The fourth-order valence-corrected chi connectivity index (χ4v) is 3.66. The van der Waals surface area contributed by atoms with E-state index in [1.807, 2.05) is 6.07 Å². The summed E-state index contributed by atoms with van der Waals surface area (Å²) in [5.74, 6) is 0.189. The number of nitrogens with zero attached hydrogens (tertiary/aromatic N) is 1. The molecule has 1 aromatic carbocycles. The summed E-state index contributed by atoms with van der Waals surface area (Å²) < 4.78 is 0. The maximum absolute atomic E-state index is 11.9. The van der Waals surface area contributed by atoms with Crippen molar-refractivity contribution < 1.29 is 9.59 Å². The van der Waals surface area contributed by atoms with Crippen molar-refractivity contribution in [3.8, 4) is 0 Å². The molecule has 5 nitrogen and oxygen atoms in total. The van der Waals surface area contributed by atoms with Crippen LogP contribution in [-0.2, 0) is 9.59 Å². The Morgan fingerprint density at radius 2 is 1.92 bits per heavy atom. The number of carbonyl (C=O) groups is 2. The van der Waals surface area contributed by atoms with Crippen molar-refractivity contribution in [3.63, 3.8) is 0 Å². The molecule has 0 saturated carbocycles. The molecule has 130 valence electrons. The van der Waals surface area contributed by atoms with E-state index in [2.05, 4.69) is 47.6 Å². The lowest BCUT2D eigenvalue weighted by atomic mass is 9.88. The molecule has 5 heteroatoms. The summed E-state index contributed by atoms with van der Waals surface area (Å²) in [5.41, 5.74) is 2.31. The molecular formula is C19H27N3O2. The van der Waals surface area contributed by atoms with Crippen LogP contribution in [0.5, 0.6) is 0 Å². The van der Waals surface area contributed by atoms with Crippen LogP contribution in [0, 0.1) is 0 Å². The van der Waals surface area contributed by atoms with E-state index < -0.39 is 0 Å². The van der Waals surface area contributed by atoms with Crippen LogP contribution in [0.25, 0.3) is 0 Å². The summed E-state index contributed by atoms with van der Waals surface area (Å²) in [7, 11) is 0. The van der Waals surface area contributed by atoms with Gasteiger partial charge < -0.3 is 10.2 Å². The Kier molecular flexibility index (Phi) is 5.19. The average Bonchev–Trinajstić information content (AvgIpc) is 2.58. The first-order valence-electron chi connectivity index (χ1n) is 8.97. The summed E-state index contributed by atoms with van der Waals surface area (Å²) in [6, 6.07) is 8.70. The summed E-state index contributed by atoms with van der Waals surface area (Å²) in [6.07, 6.45) is 3.32. The number of amides is 2. The van der Waals surface area contributed by atoms with Crippen LogP contribution in [0.15, 0.2) is 24.3 Å². The number of anilines is 1. The van der Waals surface area contributed by atoms with E-state index in [1.165, 1.54) is 18.4 Å². The summed E-state index contributed by atoms with van der Waals surface area (Å²) in [6.45, 7) is 6.80. The molecular weight excluding hydrogens is 302 g/mol. The lowest BCUT2D eigenvalue weighted by molar-refractivity contribution is -0.133. The number of hydrogen-bond donors (Lipinski definition) is 2. The Labute approximate surface area is 143 Å². The van der Waals surface area contributed by atoms with Crippen LogP contribution in [-0.4, -0.2) is 41.9 Å². The molecule has 2 heterocycles. The van der Waals surface area contributed by atoms with Crippen LogP contribution in [0.1, 0.15) is 51.0 Å². The van der Waals surface area contributed by atoms with Crippen molar-refractivity contribution in [2.45, 2.75) is 57.5 Å². The highest BCUT2D eigenvalue weighted by Crippen LogP contribution is 2.30. The molecule has 0 aliphatic carbocycles. The standard InChI is InChI=1S/C19H27N3O2/c1-13(2)22-10-8-14(9-11-22)15-4-3-5-16(12-15)20-17-6-7-18(23)21-19(17)24/h3-5,12-14,17,20H,6-11H2,1-2H3,(H,21,23,24). The van der Waals surface area contributed by atoms with Gasteiger partial charge in [-0.2, -0.15) is 0 Å². The second kappa shape index (κ2) is 7.34. The molecule has 0 aromatic heterocycles. The largest absolute Gasteiger partial charge is 0.374 e. The summed E-state index contributed by atoms with van der Waals surface area (Å²) >= 11 is 0. The number of nitrogens with one attached hydrogen (secondary N) is 2. The smallest absolute Gasteiger partial charge is 0.249 e. The van der Waals surface area contributed by atoms with E-state index in [0.29, 0.717) is 24.8 Å². The predicted octanol–water partition coefficient (Wildman–Crippen LogP) is 2.49. The molecule has 2 fully saturated rings. The molecule has 0 radical (unpaired) electrons. The minimum atomic E-state index is -0.319. The molecule has 1 aromatic rings. The van der Waals surface area contributed by atoms with Crippen molar-refractivity contribution in [2.75, 3.05) is 18.4 Å². The van der Waals surface area contributed by atoms with Gasteiger partial charge in [0.05, 0.1) is 0 Å². The Morgan fingerprint density at radius 3 is 2.58 bits per heavy atom. The zero-order valence-corrected chi connectivity index (χ0v) is 14.5. The molecule has 24 heavy (non-hydrogen) atoms. The molecule has 2 N–H and O–H groups in total. The molecule has 0 bridgehead atoms. The van der Waals surface area contributed by atoms with Crippen LogP contribution >= 0.6 is 0 Å². The van der Waals surface area contributed by atoms with Crippen LogP contribution in [0.2, 0.25) is 0 Å². The van der Waals surface area contributed by atoms with Crippen molar-refractivity contribution in [2.24, 2.45) is 0 Å². The molecule has 2 aliphatic rings. The Hall–Kier alpha value is -1.88. The van der Waals surface area contributed by atoms with Crippen molar-refractivity contribution in [1.82, 2.24) is 10.2 Å². The SMILES string of the molecule is CC(C)N1CCC(c2cccc(NC3CCC(=O)NC3=O)c2)CC1. The number of benzene rings is 1. The maximum Gasteiger partial charge on any atom is 0.249 e. The molecule has 1 unspecified atom stereocenters. The van der Waals surface area contributed by atoms with Gasteiger partial charge in [-0.3, -0.25) is 14.9 Å².